The topological polar surface area (TPSA) is 104 Å². The van der Waals surface area contributed by atoms with Crippen LogP contribution in [0.25, 0.3) is 11.6 Å². The first-order chi connectivity index (χ1) is 12.0. The van der Waals surface area contributed by atoms with Crippen LogP contribution >= 0.6 is 11.6 Å². The summed E-state index contributed by atoms with van der Waals surface area (Å²) in [6, 6.07) is 1.87. The van der Waals surface area contributed by atoms with Crippen molar-refractivity contribution >= 4 is 17.5 Å². The molecule has 0 radical (unpaired) electrons. The third-order valence-electron chi connectivity index (χ3n) is 3.52. The van der Waals surface area contributed by atoms with Gasteiger partial charge in [0.2, 0.25) is 11.8 Å². The molecule has 0 aliphatic heterocycles. The quantitative estimate of drug-likeness (QED) is 0.680. The molecule has 0 aliphatic rings. The van der Waals surface area contributed by atoms with Gasteiger partial charge in [0.15, 0.2) is 0 Å². The van der Waals surface area contributed by atoms with Gasteiger partial charge in [0, 0.05) is 32.6 Å². The number of aryl methyl sites for hydroxylation is 3. The molecule has 3 aromatic heterocycles. The molecule has 0 aromatic carbocycles. The van der Waals surface area contributed by atoms with E-state index in [9.17, 15) is 4.79 Å². The van der Waals surface area contributed by atoms with Crippen LogP contribution in [0.1, 0.15) is 18.0 Å². The summed E-state index contributed by atoms with van der Waals surface area (Å²) in [7, 11) is 1.81. The first kappa shape index (κ1) is 17.2. The molecule has 132 valence electrons. The average molecular weight is 364 g/mol. The SMILES string of the molecule is Cc1cc(-c2nnc(CCC(=O)NCCn3cc(Cl)cn3)o2)n(C)n1. The van der Waals surface area contributed by atoms with Crippen molar-refractivity contribution in [3.05, 3.63) is 35.1 Å². The number of carbonyl (C=O) groups excluding carboxylic acids is 1. The molecular weight excluding hydrogens is 346 g/mol. The normalized spacial score (nSPS) is 11.0. The highest BCUT2D eigenvalue weighted by molar-refractivity contribution is 6.30. The predicted molar refractivity (Wildman–Crippen MR) is 89.8 cm³/mol. The van der Waals surface area contributed by atoms with Crippen LogP contribution in [0.15, 0.2) is 22.9 Å². The molecule has 25 heavy (non-hydrogen) atoms. The molecule has 0 atom stereocenters. The van der Waals surface area contributed by atoms with E-state index in [2.05, 4.69) is 25.7 Å². The molecule has 3 aromatic rings. The molecule has 0 unspecified atom stereocenters. The van der Waals surface area contributed by atoms with E-state index in [1.54, 1.807) is 21.8 Å². The van der Waals surface area contributed by atoms with Gasteiger partial charge in [-0.2, -0.15) is 10.2 Å². The standard InChI is InChI=1S/C15H18ClN7O2/c1-10-7-12(22(2)21-10)15-20-19-14(25-15)4-3-13(24)17-5-6-23-9-11(16)8-18-23/h7-9H,3-6H2,1-2H3,(H,17,24). The third-order valence-corrected chi connectivity index (χ3v) is 3.71. The second kappa shape index (κ2) is 7.47. The zero-order valence-electron chi connectivity index (χ0n) is 13.9. The summed E-state index contributed by atoms with van der Waals surface area (Å²) in [6.45, 7) is 2.92. The molecule has 0 bridgehead atoms. The summed E-state index contributed by atoms with van der Waals surface area (Å²) >= 11 is 5.78. The maximum Gasteiger partial charge on any atom is 0.265 e. The zero-order valence-corrected chi connectivity index (χ0v) is 14.7. The van der Waals surface area contributed by atoms with Crippen LogP contribution in [0.3, 0.4) is 0 Å². The summed E-state index contributed by atoms with van der Waals surface area (Å²) in [5.41, 5.74) is 1.62. The monoisotopic (exact) mass is 363 g/mol. The molecule has 3 heterocycles. The molecule has 1 N–H and O–H groups in total. The van der Waals surface area contributed by atoms with E-state index in [-0.39, 0.29) is 12.3 Å². The Labute approximate surface area is 149 Å². The van der Waals surface area contributed by atoms with Crippen molar-refractivity contribution in [2.75, 3.05) is 6.54 Å². The van der Waals surface area contributed by atoms with Crippen molar-refractivity contribution in [3.63, 3.8) is 0 Å². The number of rotatable bonds is 7. The molecule has 3 rings (SSSR count). The lowest BCUT2D eigenvalue weighted by Gasteiger charge is -2.04. The Bertz CT molecular complexity index is 867. The lowest BCUT2D eigenvalue weighted by atomic mass is 10.3. The molecule has 0 saturated carbocycles. The third kappa shape index (κ3) is 4.44. The lowest BCUT2D eigenvalue weighted by Crippen LogP contribution is -2.27. The average Bonchev–Trinajstić information content (AvgIpc) is 3.26. The summed E-state index contributed by atoms with van der Waals surface area (Å²) in [5.74, 6) is 0.728. The second-order valence-electron chi connectivity index (χ2n) is 5.57. The molecule has 0 spiro atoms. The Balaban J connectivity index is 1.45. The number of nitrogens with one attached hydrogen (secondary N) is 1. The number of nitrogens with zero attached hydrogens (tertiary/aromatic N) is 6. The van der Waals surface area contributed by atoms with E-state index >= 15 is 0 Å². The van der Waals surface area contributed by atoms with E-state index in [0.29, 0.717) is 36.3 Å². The van der Waals surface area contributed by atoms with E-state index in [1.807, 2.05) is 20.0 Å². The van der Waals surface area contributed by atoms with Crippen molar-refractivity contribution in [3.8, 4) is 11.6 Å². The fraction of sp³-hybridized carbons (Fsp3) is 0.400. The van der Waals surface area contributed by atoms with Gasteiger partial charge in [-0.05, 0) is 13.0 Å². The highest BCUT2D eigenvalue weighted by atomic mass is 35.5. The number of aromatic nitrogens is 6. The highest BCUT2D eigenvalue weighted by Crippen LogP contribution is 2.18. The summed E-state index contributed by atoms with van der Waals surface area (Å²) in [4.78, 5) is 11.9. The minimum atomic E-state index is -0.0885. The van der Waals surface area contributed by atoms with Gasteiger partial charge >= 0.3 is 0 Å². The fourth-order valence-electron chi connectivity index (χ4n) is 2.35. The summed E-state index contributed by atoms with van der Waals surface area (Å²) < 4.78 is 8.95. The van der Waals surface area contributed by atoms with Gasteiger partial charge in [-0.3, -0.25) is 14.2 Å². The summed E-state index contributed by atoms with van der Waals surface area (Å²) in [5, 5.41) is 19.7. The predicted octanol–water partition coefficient (Wildman–Crippen LogP) is 1.38. The second-order valence-corrected chi connectivity index (χ2v) is 6.00. The van der Waals surface area contributed by atoms with Crippen LogP contribution in [0.2, 0.25) is 5.02 Å². The smallest absolute Gasteiger partial charge is 0.265 e. The molecule has 1 amide bonds. The number of carbonyl (C=O) groups is 1. The maximum atomic E-state index is 11.9. The van der Waals surface area contributed by atoms with Gasteiger partial charge < -0.3 is 9.73 Å². The Morgan fingerprint density at radius 1 is 1.40 bits per heavy atom. The van der Waals surface area contributed by atoms with Crippen LogP contribution in [-0.2, 0) is 24.8 Å². The lowest BCUT2D eigenvalue weighted by molar-refractivity contribution is -0.121. The Morgan fingerprint density at radius 2 is 2.24 bits per heavy atom. The van der Waals surface area contributed by atoms with E-state index in [4.69, 9.17) is 16.0 Å². The first-order valence-corrected chi connectivity index (χ1v) is 8.17. The molecule has 9 nitrogen and oxygen atoms in total. The Kier molecular flexibility index (Phi) is 5.13. The van der Waals surface area contributed by atoms with Crippen LogP contribution < -0.4 is 5.32 Å². The van der Waals surface area contributed by atoms with Crippen LogP contribution in [0.5, 0.6) is 0 Å². The van der Waals surface area contributed by atoms with Crippen molar-refractivity contribution in [2.24, 2.45) is 7.05 Å². The van der Waals surface area contributed by atoms with Crippen LogP contribution in [0.4, 0.5) is 0 Å². The number of hydrogen-bond acceptors (Lipinski definition) is 6. The Morgan fingerprint density at radius 3 is 2.92 bits per heavy atom. The highest BCUT2D eigenvalue weighted by Gasteiger charge is 2.14. The molecule has 0 fully saturated rings. The summed E-state index contributed by atoms with van der Waals surface area (Å²) in [6.07, 6.45) is 3.91. The minimum Gasteiger partial charge on any atom is -0.419 e. The van der Waals surface area contributed by atoms with E-state index < -0.39 is 0 Å². The van der Waals surface area contributed by atoms with Gasteiger partial charge in [0.05, 0.1) is 23.5 Å². The van der Waals surface area contributed by atoms with Crippen molar-refractivity contribution in [1.82, 2.24) is 35.1 Å². The van der Waals surface area contributed by atoms with Gasteiger partial charge in [0.1, 0.15) is 5.69 Å². The minimum absolute atomic E-state index is 0.0885. The molecular formula is C15H18ClN7O2. The van der Waals surface area contributed by atoms with Gasteiger partial charge in [-0.15, -0.1) is 10.2 Å². The van der Waals surface area contributed by atoms with Gasteiger partial charge in [-0.25, -0.2) is 0 Å². The largest absolute Gasteiger partial charge is 0.419 e. The number of halogens is 1. The molecule has 0 aliphatic carbocycles. The first-order valence-electron chi connectivity index (χ1n) is 7.79. The zero-order chi connectivity index (χ0) is 17.8. The maximum absolute atomic E-state index is 11.9. The van der Waals surface area contributed by atoms with E-state index in [1.165, 1.54) is 0 Å². The van der Waals surface area contributed by atoms with Crippen molar-refractivity contribution in [1.29, 1.82) is 0 Å². The molecule has 0 saturated heterocycles. The Hall–Kier alpha value is -2.68. The van der Waals surface area contributed by atoms with Gasteiger partial charge in [0.25, 0.3) is 5.89 Å². The van der Waals surface area contributed by atoms with Crippen LogP contribution in [0, 0.1) is 6.92 Å². The van der Waals surface area contributed by atoms with Crippen molar-refractivity contribution < 1.29 is 9.21 Å². The van der Waals surface area contributed by atoms with Gasteiger partial charge in [-0.1, -0.05) is 11.6 Å². The number of amides is 1. The van der Waals surface area contributed by atoms with Crippen LogP contribution in [-0.4, -0.2) is 42.2 Å². The van der Waals surface area contributed by atoms with Crippen molar-refractivity contribution in [2.45, 2.75) is 26.3 Å². The van der Waals surface area contributed by atoms with E-state index in [0.717, 1.165) is 11.4 Å². The number of hydrogen-bond donors (Lipinski definition) is 1. The molecule has 10 heteroatoms. The fourth-order valence-corrected chi connectivity index (χ4v) is 2.50.